The SMILES string of the molecule is C#Cc1cc(Br)cc(NC(=O)OCc2ccccc2)c1. The normalized spacial score (nSPS) is 9.60. The van der Waals surface area contributed by atoms with Crippen LogP contribution in [0.25, 0.3) is 0 Å². The van der Waals surface area contributed by atoms with Gasteiger partial charge in [-0.25, -0.2) is 4.79 Å². The van der Waals surface area contributed by atoms with E-state index in [2.05, 4.69) is 27.2 Å². The van der Waals surface area contributed by atoms with Gasteiger partial charge in [0.1, 0.15) is 6.61 Å². The number of halogens is 1. The van der Waals surface area contributed by atoms with Gasteiger partial charge in [0, 0.05) is 15.7 Å². The predicted molar refractivity (Wildman–Crippen MR) is 82.3 cm³/mol. The summed E-state index contributed by atoms with van der Waals surface area (Å²) in [6.07, 6.45) is 4.82. The lowest BCUT2D eigenvalue weighted by molar-refractivity contribution is 0.155. The summed E-state index contributed by atoms with van der Waals surface area (Å²) in [5, 5.41) is 2.64. The van der Waals surface area contributed by atoms with Crippen molar-refractivity contribution < 1.29 is 9.53 Å². The number of amides is 1. The molecule has 0 radical (unpaired) electrons. The van der Waals surface area contributed by atoms with Crippen LogP contribution in [0.5, 0.6) is 0 Å². The predicted octanol–water partition coefficient (Wildman–Crippen LogP) is 4.18. The Balaban J connectivity index is 1.95. The van der Waals surface area contributed by atoms with Gasteiger partial charge in [-0.05, 0) is 23.8 Å². The van der Waals surface area contributed by atoms with E-state index < -0.39 is 6.09 Å². The lowest BCUT2D eigenvalue weighted by Crippen LogP contribution is -2.13. The first-order chi connectivity index (χ1) is 9.67. The molecule has 0 spiro atoms. The Hall–Kier alpha value is -2.25. The van der Waals surface area contributed by atoms with Crippen molar-refractivity contribution in [1.82, 2.24) is 0 Å². The molecule has 0 bridgehead atoms. The number of nitrogens with one attached hydrogen (secondary N) is 1. The van der Waals surface area contributed by atoms with Gasteiger partial charge in [0.15, 0.2) is 0 Å². The van der Waals surface area contributed by atoms with Crippen LogP contribution in [0.15, 0.2) is 53.0 Å². The van der Waals surface area contributed by atoms with Crippen LogP contribution in [-0.2, 0) is 11.3 Å². The highest BCUT2D eigenvalue weighted by Gasteiger charge is 2.05. The number of ether oxygens (including phenoxy) is 1. The van der Waals surface area contributed by atoms with Gasteiger partial charge in [-0.2, -0.15) is 0 Å². The minimum Gasteiger partial charge on any atom is -0.444 e. The highest BCUT2D eigenvalue weighted by atomic mass is 79.9. The number of carbonyl (C=O) groups is 1. The van der Waals surface area contributed by atoms with Crippen LogP contribution < -0.4 is 5.32 Å². The minimum atomic E-state index is -0.519. The fraction of sp³-hybridized carbons (Fsp3) is 0.0625. The van der Waals surface area contributed by atoms with Crippen LogP contribution in [0.3, 0.4) is 0 Å². The number of anilines is 1. The van der Waals surface area contributed by atoms with Crippen LogP contribution in [0.1, 0.15) is 11.1 Å². The summed E-state index contributed by atoms with van der Waals surface area (Å²) in [5.41, 5.74) is 2.20. The molecule has 4 heteroatoms. The van der Waals surface area contributed by atoms with Gasteiger partial charge in [0.05, 0.1) is 0 Å². The number of terminal acetylenes is 1. The Labute approximate surface area is 126 Å². The summed E-state index contributed by atoms with van der Waals surface area (Å²) >= 11 is 3.33. The van der Waals surface area contributed by atoms with Crippen LogP contribution >= 0.6 is 15.9 Å². The average Bonchev–Trinajstić information content (AvgIpc) is 2.45. The summed E-state index contributed by atoms with van der Waals surface area (Å²) in [6, 6.07) is 14.7. The molecule has 2 aromatic carbocycles. The second-order valence-corrected chi connectivity index (χ2v) is 4.98. The molecule has 0 fully saturated rings. The van der Waals surface area contributed by atoms with Crippen molar-refractivity contribution in [3.63, 3.8) is 0 Å². The third-order valence-electron chi connectivity index (χ3n) is 2.52. The Kier molecular flexibility index (Phi) is 4.80. The molecule has 20 heavy (non-hydrogen) atoms. The standard InChI is InChI=1S/C16H12BrNO2/c1-2-12-8-14(17)10-15(9-12)18-16(19)20-11-13-6-4-3-5-7-13/h1,3-10H,11H2,(H,18,19). The first-order valence-corrected chi connectivity index (χ1v) is 6.71. The summed E-state index contributed by atoms with van der Waals surface area (Å²) < 4.78 is 5.93. The van der Waals surface area contributed by atoms with Crippen LogP contribution in [-0.4, -0.2) is 6.09 Å². The smallest absolute Gasteiger partial charge is 0.411 e. The second kappa shape index (κ2) is 6.78. The van der Waals surface area contributed by atoms with E-state index in [-0.39, 0.29) is 6.61 Å². The molecular formula is C16H12BrNO2. The summed E-state index contributed by atoms with van der Waals surface area (Å²) in [5.74, 6) is 2.52. The van der Waals surface area contributed by atoms with Gasteiger partial charge in [-0.1, -0.05) is 52.2 Å². The lowest BCUT2D eigenvalue weighted by atomic mass is 10.2. The number of rotatable bonds is 3. The molecule has 0 unspecified atom stereocenters. The number of benzene rings is 2. The van der Waals surface area contributed by atoms with E-state index >= 15 is 0 Å². The summed E-state index contributed by atoms with van der Waals surface area (Å²) in [4.78, 5) is 11.7. The van der Waals surface area contributed by atoms with E-state index in [1.165, 1.54) is 0 Å². The Morgan fingerprint density at radius 1 is 1.25 bits per heavy atom. The molecule has 0 saturated heterocycles. The third kappa shape index (κ3) is 4.15. The average molecular weight is 330 g/mol. The molecule has 1 amide bonds. The van der Waals surface area contributed by atoms with E-state index in [0.29, 0.717) is 11.3 Å². The van der Waals surface area contributed by atoms with Crippen molar-refractivity contribution in [2.24, 2.45) is 0 Å². The number of hydrogen-bond donors (Lipinski definition) is 1. The van der Waals surface area contributed by atoms with Crippen LogP contribution in [0.4, 0.5) is 10.5 Å². The summed E-state index contributed by atoms with van der Waals surface area (Å²) in [7, 11) is 0. The molecule has 2 aromatic rings. The molecule has 0 aliphatic rings. The maximum Gasteiger partial charge on any atom is 0.411 e. The van der Waals surface area contributed by atoms with E-state index in [9.17, 15) is 4.79 Å². The highest BCUT2D eigenvalue weighted by Crippen LogP contribution is 2.19. The molecule has 3 nitrogen and oxygen atoms in total. The van der Waals surface area contributed by atoms with Gasteiger partial charge in [-0.15, -0.1) is 6.42 Å². The van der Waals surface area contributed by atoms with Crippen molar-refractivity contribution in [1.29, 1.82) is 0 Å². The monoisotopic (exact) mass is 329 g/mol. The lowest BCUT2D eigenvalue weighted by Gasteiger charge is -2.08. The van der Waals surface area contributed by atoms with Crippen molar-refractivity contribution in [3.05, 3.63) is 64.1 Å². The fourth-order valence-electron chi connectivity index (χ4n) is 1.62. The molecule has 1 N–H and O–H groups in total. The highest BCUT2D eigenvalue weighted by molar-refractivity contribution is 9.10. The number of carbonyl (C=O) groups excluding carboxylic acids is 1. The van der Waals surface area contributed by atoms with E-state index in [1.54, 1.807) is 18.2 Å². The molecule has 0 aliphatic heterocycles. The van der Waals surface area contributed by atoms with Crippen molar-refractivity contribution in [3.8, 4) is 12.3 Å². The van der Waals surface area contributed by atoms with Crippen molar-refractivity contribution in [2.75, 3.05) is 5.32 Å². The van der Waals surface area contributed by atoms with Crippen molar-refractivity contribution in [2.45, 2.75) is 6.61 Å². The maximum atomic E-state index is 11.7. The molecule has 0 aliphatic carbocycles. The fourth-order valence-corrected chi connectivity index (χ4v) is 2.12. The summed E-state index contributed by atoms with van der Waals surface area (Å²) in [6.45, 7) is 0.225. The molecule has 0 saturated carbocycles. The van der Waals surface area contributed by atoms with Crippen LogP contribution in [0.2, 0.25) is 0 Å². The third-order valence-corrected chi connectivity index (χ3v) is 2.98. The molecule has 0 aromatic heterocycles. The quantitative estimate of drug-likeness (QED) is 0.858. The molecule has 100 valence electrons. The second-order valence-electron chi connectivity index (χ2n) is 4.06. The molecule has 0 atom stereocenters. The maximum absolute atomic E-state index is 11.7. The number of hydrogen-bond acceptors (Lipinski definition) is 2. The van der Waals surface area contributed by atoms with E-state index in [4.69, 9.17) is 11.2 Å². The van der Waals surface area contributed by atoms with Crippen LogP contribution in [0, 0.1) is 12.3 Å². The zero-order chi connectivity index (χ0) is 14.4. The molecular weight excluding hydrogens is 318 g/mol. The minimum absolute atomic E-state index is 0.225. The van der Waals surface area contributed by atoms with Gasteiger partial charge < -0.3 is 4.74 Å². The van der Waals surface area contributed by atoms with E-state index in [1.807, 2.05) is 30.3 Å². The largest absolute Gasteiger partial charge is 0.444 e. The topological polar surface area (TPSA) is 38.3 Å². The van der Waals surface area contributed by atoms with Gasteiger partial charge >= 0.3 is 6.09 Å². The van der Waals surface area contributed by atoms with Gasteiger partial charge in [0.25, 0.3) is 0 Å². The van der Waals surface area contributed by atoms with Gasteiger partial charge in [-0.3, -0.25) is 5.32 Å². The zero-order valence-electron chi connectivity index (χ0n) is 10.6. The van der Waals surface area contributed by atoms with E-state index in [0.717, 1.165) is 10.0 Å². The van der Waals surface area contributed by atoms with Gasteiger partial charge in [0.2, 0.25) is 0 Å². The zero-order valence-corrected chi connectivity index (χ0v) is 12.2. The Morgan fingerprint density at radius 2 is 2.00 bits per heavy atom. The first kappa shape index (κ1) is 14.2. The Bertz CT molecular complexity index is 647. The van der Waals surface area contributed by atoms with Crippen molar-refractivity contribution >= 4 is 27.7 Å². The Morgan fingerprint density at radius 3 is 2.70 bits per heavy atom. The molecule has 2 rings (SSSR count). The molecule has 0 heterocycles. The first-order valence-electron chi connectivity index (χ1n) is 5.92.